The molecule has 4 heteroatoms. The SMILES string of the molecule is Oc1nccc2c(F)c(Br)ccc12. The third kappa shape index (κ3) is 1.27. The Hall–Kier alpha value is -1.16. The van der Waals surface area contributed by atoms with Crippen molar-refractivity contribution in [1.29, 1.82) is 0 Å². The average Bonchev–Trinajstić information content (AvgIpc) is 2.12. The van der Waals surface area contributed by atoms with Crippen molar-refractivity contribution in [2.75, 3.05) is 0 Å². The Labute approximate surface area is 82.2 Å². The van der Waals surface area contributed by atoms with Gasteiger partial charge in [-0.25, -0.2) is 9.37 Å². The Kier molecular flexibility index (Phi) is 1.92. The van der Waals surface area contributed by atoms with Crippen LogP contribution in [0.3, 0.4) is 0 Å². The number of nitrogens with zero attached hydrogens (tertiary/aromatic N) is 1. The first-order valence-corrected chi connectivity index (χ1v) is 4.41. The molecule has 0 radical (unpaired) electrons. The highest BCUT2D eigenvalue weighted by Gasteiger charge is 2.07. The summed E-state index contributed by atoms with van der Waals surface area (Å²) >= 11 is 3.06. The molecule has 2 rings (SSSR count). The van der Waals surface area contributed by atoms with E-state index in [1.807, 2.05) is 0 Å². The lowest BCUT2D eigenvalue weighted by atomic mass is 10.1. The first kappa shape index (κ1) is 8.44. The van der Waals surface area contributed by atoms with E-state index in [-0.39, 0.29) is 11.7 Å². The van der Waals surface area contributed by atoms with E-state index in [9.17, 15) is 9.50 Å². The van der Waals surface area contributed by atoms with Gasteiger partial charge in [-0.2, -0.15) is 0 Å². The van der Waals surface area contributed by atoms with Crippen LogP contribution < -0.4 is 0 Å². The van der Waals surface area contributed by atoms with Crippen molar-refractivity contribution >= 4 is 26.7 Å². The van der Waals surface area contributed by atoms with Gasteiger partial charge in [-0.05, 0) is 34.1 Å². The van der Waals surface area contributed by atoms with Gasteiger partial charge in [0.05, 0.1) is 4.47 Å². The van der Waals surface area contributed by atoms with Gasteiger partial charge >= 0.3 is 0 Å². The molecule has 0 bridgehead atoms. The van der Waals surface area contributed by atoms with Gasteiger partial charge in [-0.3, -0.25) is 0 Å². The van der Waals surface area contributed by atoms with E-state index in [4.69, 9.17) is 0 Å². The fourth-order valence-corrected chi connectivity index (χ4v) is 1.52. The van der Waals surface area contributed by atoms with Crippen molar-refractivity contribution in [2.24, 2.45) is 0 Å². The largest absolute Gasteiger partial charge is 0.493 e. The molecule has 1 heterocycles. The van der Waals surface area contributed by atoms with Gasteiger partial charge in [0, 0.05) is 17.0 Å². The van der Waals surface area contributed by atoms with Crippen LogP contribution in [0, 0.1) is 5.82 Å². The summed E-state index contributed by atoms with van der Waals surface area (Å²) in [7, 11) is 0. The molecule has 0 fully saturated rings. The number of rotatable bonds is 0. The van der Waals surface area contributed by atoms with Crippen LogP contribution in [0.1, 0.15) is 0 Å². The second kappa shape index (κ2) is 2.96. The first-order chi connectivity index (χ1) is 6.20. The van der Waals surface area contributed by atoms with Crippen LogP contribution in [0.2, 0.25) is 0 Å². The van der Waals surface area contributed by atoms with Gasteiger partial charge in [0.25, 0.3) is 0 Å². The van der Waals surface area contributed by atoms with Gasteiger partial charge in [0.2, 0.25) is 5.88 Å². The maximum atomic E-state index is 13.4. The molecule has 1 aromatic heterocycles. The van der Waals surface area contributed by atoms with E-state index in [1.165, 1.54) is 12.3 Å². The zero-order chi connectivity index (χ0) is 9.42. The zero-order valence-corrected chi connectivity index (χ0v) is 8.05. The predicted molar refractivity (Wildman–Crippen MR) is 51.1 cm³/mol. The highest BCUT2D eigenvalue weighted by Crippen LogP contribution is 2.28. The monoisotopic (exact) mass is 241 g/mol. The molecule has 0 unspecified atom stereocenters. The smallest absolute Gasteiger partial charge is 0.218 e. The summed E-state index contributed by atoms with van der Waals surface area (Å²) in [5.41, 5.74) is 0. The number of aromatic hydroxyl groups is 1. The van der Waals surface area contributed by atoms with Crippen molar-refractivity contribution in [1.82, 2.24) is 4.98 Å². The average molecular weight is 242 g/mol. The van der Waals surface area contributed by atoms with Crippen LogP contribution in [-0.2, 0) is 0 Å². The van der Waals surface area contributed by atoms with Crippen LogP contribution in [0.25, 0.3) is 10.8 Å². The van der Waals surface area contributed by atoms with Crippen LogP contribution in [0.5, 0.6) is 5.88 Å². The van der Waals surface area contributed by atoms with Gasteiger partial charge in [-0.15, -0.1) is 0 Å². The summed E-state index contributed by atoms with van der Waals surface area (Å²) in [6, 6.07) is 4.68. The topological polar surface area (TPSA) is 33.1 Å². The van der Waals surface area contributed by atoms with E-state index in [2.05, 4.69) is 20.9 Å². The number of hydrogen-bond acceptors (Lipinski definition) is 2. The normalized spacial score (nSPS) is 10.6. The van der Waals surface area contributed by atoms with E-state index in [1.54, 1.807) is 12.1 Å². The van der Waals surface area contributed by atoms with Crippen LogP contribution >= 0.6 is 15.9 Å². The van der Waals surface area contributed by atoms with Crippen molar-refractivity contribution in [3.05, 3.63) is 34.7 Å². The first-order valence-electron chi connectivity index (χ1n) is 3.62. The van der Waals surface area contributed by atoms with Gasteiger partial charge in [0.1, 0.15) is 5.82 Å². The van der Waals surface area contributed by atoms with Crippen molar-refractivity contribution in [3.63, 3.8) is 0 Å². The molecule has 1 aromatic carbocycles. The molecule has 0 spiro atoms. The molecule has 0 aliphatic heterocycles. The number of halogens is 2. The Balaban J connectivity index is 2.94. The Morgan fingerprint density at radius 1 is 1.23 bits per heavy atom. The minimum Gasteiger partial charge on any atom is -0.493 e. The minimum absolute atomic E-state index is 0.149. The maximum Gasteiger partial charge on any atom is 0.218 e. The molecular formula is C9H5BrFNO. The number of aromatic nitrogens is 1. The summed E-state index contributed by atoms with van der Waals surface area (Å²) in [4.78, 5) is 3.65. The van der Waals surface area contributed by atoms with Crippen LogP contribution in [0.4, 0.5) is 4.39 Å². The van der Waals surface area contributed by atoms with Crippen molar-refractivity contribution < 1.29 is 9.50 Å². The van der Waals surface area contributed by atoms with Crippen LogP contribution in [0.15, 0.2) is 28.9 Å². The molecule has 2 nitrogen and oxygen atoms in total. The zero-order valence-electron chi connectivity index (χ0n) is 6.46. The Bertz CT molecular complexity index is 472. The Morgan fingerprint density at radius 3 is 2.77 bits per heavy atom. The van der Waals surface area contributed by atoms with E-state index in [0.717, 1.165) is 0 Å². The van der Waals surface area contributed by atoms with E-state index < -0.39 is 0 Å². The summed E-state index contributed by atoms with van der Waals surface area (Å²) in [6.45, 7) is 0. The molecule has 0 atom stereocenters. The quantitative estimate of drug-likeness (QED) is 0.770. The van der Waals surface area contributed by atoms with Crippen molar-refractivity contribution in [3.8, 4) is 5.88 Å². The summed E-state index contributed by atoms with van der Waals surface area (Å²) in [5.74, 6) is -0.529. The lowest BCUT2D eigenvalue weighted by molar-refractivity contribution is 0.460. The number of benzene rings is 1. The van der Waals surface area contributed by atoms with E-state index >= 15 is 0 Å². The Morgan fingerprint density at radius 2 is 2.00 bits per heavy atom. The molecule has 0 saturated carbocycles. The fraction of sp³-hybridized carbons (Fsp3) is 0. The highest BCUT2D eigenvalue weighted by atomic mass is 79.9. The molecular weight excluding hydrogens is 237 g/mol. The van der Waals surface area contributed by atoms with Crippen LogP contribution in [-0.4, -0.2) is 10.1 Å². The fourth-order valence-electron chi connectivity index (χ4n) is 1.18. The highest BCUT2D eigenvalue weighted by molar-refractivity contribution is 9.10. The summed E-state index contributed by atoms with van der Waals surface area (Å²) < 4.78 is 13.8. The molecule has 0 saturated heterocycles. The lowest BCUT2D eigenvalue weighted by Crippen LogP contribution is -1.83. The second-order valence-corrected chi connectivity index (χ2v) is 3.45. The van der Waals surface area contributed by atoms with Crippen molar-refractivity contribution in [2.45, 2.75) is 0 Å². The number of fused-ring (bicyclic) bond motifs is 1. The van der Waals surface area contributed by atoms with Gasteiger partial charge in [0.15, 0.2) is 0 Å². The molecule has 2 aromatic rings. The van der Waals surface area contributed by atoms with Gasteiger partial charge < -0.3 is 5.11 Å². The predicted octanol–water partition coefficient (Wildman–Crippen LogP) is 2.84. The summed E-state index contributed by atoms with van der Waals surface area (Å²) in [6.07, 6.45) is 1.37. The third-order valence-corrected chi connectivity index (χ3v) is 2.42. The molecule has 13 heavy (non-hydrogen) atoms. The molecule has 0 aliphatic carbocycles. The van der Waals surface area contributed by atoms with Gasteiger partial charge in [-0.1, -0.05) is 0 Å². The third-order valence-electron chi connectivity index (χ3n) is 1.81. The standard InChI is InChI=1S/C9H5BrFNO/c10-7-2-1-6-5(8(7)11)3-4-12-9(6)13/h1-4H,(H,12,13). The second-order valence-electron chi connectivity index (χ2n) is 2.59. The maximum absolute atomic E-state index is 13.4. The summed E-state index contributed by atoms with van der Waals surface area (Å²) in [5, 5.41) is 10.1. The molecule has 0 amide bonds. The lowest BCUT2D eigenvalue weighted by Gasteiger charge is -2.01. The molecule has 66 valence electrons. The minimum atomic E-state index is -0.379. The number of pyridine rings is 1. The number of hydrogen-bond donors (Lipinski definition) is 1. The van der Waals surface area contributed by atoms with E-state index in [0.29, 0.717) is 15.2 Å². The molecule has 1 N–H and O–H groups in total. The molecule has 0 aliphatic rings.